The fourth-order valence-electron chi connectivity index (χ4n) is 4.26. The molecular formula is C15H27N3Si. The summed E-state index contributed by atoms with van der Waals surface area (Å²) in [7, 11) is -1.40. The first kappa shape index (κ1) is 13.6. The van der Waals surface area contributed by atoms with Crippen molar-refractivity contribution in [1.82, 2.24) is 15.2 Å². The predicted octanol–water partition coefficient (Wildman–Crippen LogP) is 2.33. The summed E-state index contributed by atoms with van der Waals surface area (Å²) >= 11 is 0. The van der Waals surface area contributed by atoms with Crippen LogP contribution < -0.4 is 10.6 Å². The second kappa shape index (κ2) is 5.17. The van der Waals surface area contributed by atoms with Crippen LogP contribution in [0.2, 0.25) is 18.6 Å². The monoisotopic (exact) mass is 277 g/mol. The van der Waals surface area contributed by atoms with Crippen LogP contribution in [-0.2, 0) is 0 Å². The molecule has 3 nitrogen and oxygen atoms in total. The van der Waals surface area contributed by atoms with E-state index >= 15 is 0 Å². The molecule has 0 aromatic heterocycles. The molecule has 0 bridgehead atoms. The molecule has 4 unspecified atom stereocenters. The Morgan fingerprint density at radius 2 is 1.68 bits per heavy atom. The van der Waals surface area contributed by atoms with Gasteiger partial charge in [0.25, 0.3) is 0 Å². The van der Waals surface area contributed by atoms with Gasteiger partial charge in [-0.15, -0.1) is 0 Å². The summed E-state index contributed by atoms with van der Waals surface area (Å²) in [5, 5.41) is 6.93. The van der Waals surface area contributed by atoms with Crippen molar-refractivity contribution >= 4 is 8.24 Å². The molecule has 2 aliphatic carbocycles. The Morgan fingerprint density at radius 1 is 1.05 bits per heavy atom. The molecule has 0 amide bonds. The van der Waals surface area contributed by atoms with Crippen molar-refractivity contribution in [2.24, 2.45) is 17.8 Å². The summed E-state index contributed by atoms with van der Waals surface area (Å²) < 4.78 is 2.70. The number of nitrogens with zero attached hydrogens (tertiary/aromatic N) is 1. The first-order valence-corrected chi connectivity index (χ1v) is 10.6. The third-order valence-corrected chi connectivity index (χ3v) is 9.93. The number of rotatable bonds is 2. The minimum Gasteiger partial charge on any atom is -0.299 e. The summed E-state index contributed by atoms with van der Waals surface area (Å²) in [6.07, 6.45) is 10.9. The number of allylic oxidation sites excluding steroid dienone is 4. The molecule has 0 radical (unpaired) electrons. The van der Waals surface area contributed by atoms with Crippen molar-refractivity contribution in [2.75, 3.05) is 20.0 Å². The van der Waals surface area contributed by atoms with E-state index in [2.05, 4.69) is 59.5 Å². The maximum atomic E-state index is 3.47. The zero-order chi connectivity index (χ0) is 13.5. The van der Waals surface area contributed by atoms with E-state index in [1.54, 1.807) is 0 Å². The molecule has 4 heteroatoms. The van der Waals surface area contributed by atoms with Gasteiger partial charge in [0.05, 0.1) is 0 Å². The molecule has 0 aromatic carbocycles. The molecule has 1 saturated carbocycles. The van der Waals surface area contributed by atoms with Crippen LogP contribution in [0.1, 0.15) is 13.3 Å². The number of hydrogen-bond donors (Lipinski definition) is 2. The van der Waals surface area contributed by atoms with Gasteiger partial charge in [0.15, 0.2) is 0 Å². The van der Waals surface area contributed by atoms with E-state index in [4.69, 9.17) is 0 Å². The molecular weight excluding hydrogens is 250 g/mol. The molecule has 3 rings (SSSR count). The average molecular weight is 277 g/mol. The summed E-state index contributed by atoms with van der Waals surface area (Å²) in [6.45, 7) is 10.7. The minimum atomic E-state index is -1.40. The van der Waals surface area contributed by atoms with Crippen LogP contribution in [0.4, 0.5) is 0 Å². The van der Waals surface area contributed by atoms with Gasteiger partial charge >= 0.3 is 0 Å². The summed E-state index contributed by atoms with van der Waals surface area (Å²) in [6, 6.07) is 0. The van der Waals surface area contributed by atoms with Crippen LogP contribution in [0.15, 0.2) is 24.3 Å². The van der Waals surface area contributed by atoms with Crippen LogP contribution in [0.25, 0.3) is 0 Å². The third kappa shape index (κ3) is 2.35. The van der Waals surface area contributed by atoms with E-state index in [-0.39, 0.29) is 0 Å². The lowest BCUT2D eigenvalue weighted by atomic mass is 9.87. The molecule has 0 aromatic rings. The van der Waals surface area contributed by atoms with E-state index in [0.717, 1.165) is 43.3 Å². The molecule has 1 saturated heterocycles. The Kier molecular flexibility index (Phi) is 3.69. The summed E-state index contributed by atoms with van der Waals surface area (Å²) in [5.74, 6) is 2.41. The largest absolute Gasteiger partial charge is 0.299 e. The van der Waals surface area contributed by atoms with Gasteiger partial charge in [-0.2, -0.15) is 0 Å². The van der Waals surface area contributed by atoms with Crippen LogP contribution >= 0.6 is 0 Å². The fraction of sp³-hybridized carbons (Fsp3) is 0.733. The standard InChI is InChI=1S/C15H27N3Si/c1-12-8-15(14-7-5-4-6-13(12)14)19(2,3)18-10-16-9-17-11-18/h4-7,12-17H,8-11H2,1-3H3. The van der Waals surface area contributed by atoms with E-state index in [1.807, 2.05) is 0 Å². The number of fused-ring (bicyclic) bond motifs is 1. The van der Waals surface area contributed by atoms with Crippen molar-refractivity contribution in [3.8, 4) is 0 Å². The van der Waals surface area contributed by atoms with Gasteiger partial charge in [0.1, 0.15) is 8.24 Å². The van der Waals surface area contributed by atoms with Gasteiger partial charge in [-0.3, -0.25) is 15.2 Å². The third-order valence-electron chi connectivity index (χ3n) is 5.55. The topological polar surface area (TPSA) is 27.3 Å². The fourth-order valence-corrected chi connectivity index (χ4v) is 7.99. The van der Waals surface area contributed by atoms with E-state index in [1.165, 1.54) is 6.42 Å². The highest BCUT2D eigenvalue weighted by atomic mass is 28.3. The Hall–Kier alpha value is -0.423. The molecule has 106 valence electrons. The normalized spacial score (nSPS) is 39.5. The average Bonchev–Trinajstić information content (AvgIpc) is 2.79. The molecule has 19 heavy (non-hydrogen) atoms. The SMILES string of the molecule is CC1CC([Si](C)(C)N2CNCNC2)C2C=CC=CC12. The van der Waals surface area contributed by atoms with Crippen LogP contribution in [0.5, 0.6) is 0 Å². The predicted molar refractivity (Wildman–Crippen MR) is 83.0 cm³/mol. The highest BCUT2D eigenvalue weighted by Gasteiger charge is 2.49. The molecule has 1 aliphatic heterocycles. The second-order valence-electron chi connectivity index (χ2n) is 6.93. The van der Waals surface area contributed by atoms with Crippen LogP contribution in [0.3, 0.4) is 0 Å². The van der Waals surface area contributed by atoms with Crippen molar-refractivity contribution in [3.63, 3.8) is 0 Å². The van der Waals surface area contributed by atoms with Gasteiger partial charge < -0.3 is 0 Å². The quantitative estimate of drug-likeness (QED) is 0.759. The van der Waals surface area contributed by atoms with Gasteiger partial charge in [0, 0.05) is 20.0 Å². The van der Waals surface area contributed by atoms with Gasteiger partial charge in [-0.25, -0.2) is 0 Å². The number of hydrogen-bond acceptors (Lipinski definition) is 3. The van der Waals surface area contributed by atoms with E-state index in [9.17, 15) is 0 Å². The first-order valence-electron chi connectivity index (χ1n) is 7.62. The van der Waals surface area contributed by atoms with E-state index in [0.29, 0.717) is 0 Å². The van der Waals surface area contributed by atoms with Gasteiger partial charge in [-0.05, 0) is 29.7 Å². The smallest absolute Gasteiger partial charge is 0.128 e. The zero-order valence-corrected chi connectivity index (χ0v) is 13.4. The van der Waals surface area contributed by atoms with Crippen molar-refractivity contribution < 1.29 is 0 Å². The van der Waals surface area contributed by atoms with Crippen molar-refractivity contribution in [3.05, 3.63) is 24.3 Å². The van der Waals surface area contributed by atoms with Crippen molar-refractivity contribution in [1.29, 1.82) is 0 Å². The summed E-state index contributed by atoms with van der Waals surface area (Å²) in [4.78, 5) is 0. The lowest BCUT2D eigenvalue weighted by Crippen LogP contribution is -2.63. The maximum absolute atomic E-state index is 3.47. The van der Waals surface area contributed by atoms with Crippen LogP contribution in [-0.4, -0.2) is 32.8 Å². The minimum absolute atomic E-state index is 0.781. The Labute approximate surface area is 118 Å². The molecule has 3 aliphatic rings. The maximum Gasteiger partial charge on any atom is 0.128 e. The Morgan fingerprint density at radius 3 is 2.37 bits per heavy atom. The summed E-state index contributed by atoms with van der Waals surface area (Å²) in [5.41, 5.74) is 0.885. The molecule has 1 heterocycles. The Balaban J connectivity index is 1.80. The van der Waals surface area contributed by atoms with E-state index < -0.39 is 8.24 Å². The molecule has 4 atom stereocenters. The van der Waals surface area contributed by atoms with Gasteiger partial charge in [0.2, 0.25) is 0 Å². The number of nitrogens with one attached hydrogen (secondary N) is 2. The highest BCUT2D eigenvalue weighted by molar-refractivity contribution is 6.76. The molecule has 0 spiro atoms. The van der Waals surface area contributed by atoms with Crippen molar-refractivity contribution in [2.45, 2.75) is 32.0 Å². The van der Waals surface area contributed by atoms with Crippen LogP contribution in [0, 0.1) is 17.8 Å². The lowest BCUT2D eigenvalue weighted by Gasteiger charge is -2.45. The first-order chi connectivity index (χ1) is 9.10. The molecule has 2 fully saturated rings. The van der Waals surface area contributed by atoms with Gasteiger partial charge in [-0.1, -0.05) is 44.3 Å². The Bertz CT molecular complexity index is 385. The zero-order valence-electron chi connectivity index (χ0n) is 12.4. The molecule has 2 N–H and O–H groups in total. The highest BCUT2D eigenvalue weighted by Crippen LogP contribution is 2.52. The second-order valence-corrected chi connectivity index (χ2v) is 11.6. The lowest BCUT2D eigenvalue weighted by molar-refractivity contribution is 0.283.